The number of hydrogen-bond donors (Lipinski definition) is 1. The van der Waals surface area contributed by atoms with Crippen LogP contribution in [-0.4, -0.2) is 56.4 Å². The first-order valence-corrected chi connectivity index (χ1v) is 12.1. The lowest BCUT2D eigenvalue weighted by molar-refractivity contribution is 0.157. The minimum atomic E-state index is -0.325. The number of alkyl halides is 1. The van der Waals surface area contributed by atoms with Crippen LogP contribution >= 0.6 is 50.1 Å². The van der Waals surface area contributed by atoms with Gasteiger partial charge in [0.2, 0.25) is 0 Å². The predicted octanol–water partition coefficient (Wildman–Crippen LogP) is 4.82. The number of aromatic amines is 1. The Kier molecular flexibility index (Phi) is 6.94. The summed E-state index contributed by atoms with van der Waals surface area (Å²) in [6, 6.07) is 7.32. The highest BCUT2D eigenvalue weighted by Crippen LogP contribution is 2.32. The molecule has 1 amide bonds. The number of hydrogen-bond acceptors (Lipinski definition) is 6. The molecule has 3 heterocycles. The van der Waals surface area contributed by atoms with Crippen molar-refractivity contribution in [2.45, 2.75) is 18.9 Å². The molecular formula is C19H19BrClIN6O2. The number of halogens is 3. The molecule has 1 aromatic carbocycles. The first kappa shape index (κ1) is 21.6. The van der Waals surface area contributed by atoms with E-state index in [1.807, 2.05) is 12.1 Å². The van der Waals surface area contributed by atoms with Crippen LogP contribution in [0.4, 0.5) is 16.3 Å². The summed E-state index contributed by atoms with van der Waals surface area (Å²) >= 11 is 11.7. The highest BCUT2D eigenvalue weighted by Gasteiger charge is 2.31. The van der Waals surface area contributed by atoms with E-state index < -0.39 is 0 Å². The third kappa shape index (κ3) is 4.50. The third-order valence-electron chi connectivity index (χ3n) is 5.02. The highest BCUT2D eigenvalue weighted by molar-refractivity contribution is 14.1. The number of nitrogens with one attached hydrogen (secondary N) is 1. The number of nitrogens with zero attached hydrogens (tertiary/aromatic N) is 5. The van der Waals surface area contributed by atoms with E-state index in [1.54, 1.807) is 17.0 Å². The van der Waals surface area contributed by atoms with Gasteiger partial charge in [0.1, 0.15) is 23.4 Å². The monoisotopic (exact) mass is 604 g/mol. The maximum absolute atomic E-state index is 12.8. The lowest BCUT2D eigenvalue weighted by Crippen LogP contribution is -2.48. The van der Waals surface area contributed by atoms with Crippen molar-refractivity contribution >= 4 is 78.8 Å². The van der Waals surface area contributed by atoms with Gasteiger partial charge in [-0.05, 0) is 53.0 Å². The molecule has 0 saturated carbocycles. The van der Waals surface area contributed by atoms with Gasteiger partial charge in [-0.1, -0.05) is 34.2 Å². The van der Waals surface area contributed by atoms with Crippen LogP contribution in [0.2, 0.25) is 5.02 Å². The number of amides is 1. The number of ether oxygens (including phenoxy) is 1. The molecule has 0 radical (unpaired) electrons. The first-order valence-electron chi connectivity index (χ1n) is 9.45. The number of benzene rings is 1. The van der Waals surface area contributed by atoms with Crippen LogP contribution < -0.4 is 9.80 Å². The molecule has 30 heavy (non-hydrogen) atoms. The van der Waals surface area contributed by atoms with Crippen molar-refractivity contribution in [3.63, 3.8) is 0 Å². The summed E-state index contributed by atoms with van der Waals surface area (Å²) in [4.78, 5) is 25.5. The quantitative estimate of drug-likeness (QED) is 0.332. The SMILES string of the molecule is O=C(OCCI)N(c1ccc(Cl)cc1)C1CCN(c2ncnc3n[nH]c(Br)c23)CC1. The van der Waals surface area contributed by atoms with Gasteiger partial charge in [-0.2, -0.15) is 5.10 Å². The van der Waals surface area contributed by atoms with Crippen LogP contribution in [0, 0.1) is 0 Å². The van der Waals surface area contributed by atoms with Gasteiger partial charge in [-0.3, -0.25) is 10.00 Å². The second-order valence-electron chi connectivity index (χ2n) is 6.80. The van der Waals surface area contributed by atoms with Gasteiger partial charge in [0, 0.05) is 34.3 Å². The van der Waals surface area contributed by atoms with Gasteiger partial charge in [0.05, 0.1) is 5.39 Å². The maximum Gasteiger partial charge on any atom is 0.414 e. The largest absolute Gasteiger partial charge is 0.448 e. The molecule has 1 N–H and O–H groups in total. The molecular weight excluding hydrogens is 587 g/mol. The number of H-pyrrole nitrogens is 1. The Hall–Kier alpha value is -1.66. The van der Waals surface area contributed by atoms with Crippen LogP contribution in [-0.2, 0) is 4.74 Å². The second-order valence-corrected chi connectivity index (χ2v) is 9.11. The van der Waals surface area contributed by atoms with E-state index in [1.165, 1.54) is 6.33 Å². The molecule has 11 heteroatoms. The summed E-state index contributed by atoms with van der Waals surface area (Å²) in [7, 11) is 0. The van der Waals surface area contributed by atoms with Crippen molar-refractivity contribution in [2.75, 3.05) is 33.9 Å². The van der Waals surface area contributed by atoms with Crippen molar-refractivity contribution in [1.29, 1.82) is 0 Å². The average Bonchev–Trinajstić information content (AvgIpc) is 3.15. The smallest absolute Gasteiger partial charge is 0.414 e. The molecule has 0 unspecified atom stereocenters. The predicted molar refractivity (Wildman–Crippen MR) is 129 cm³/mol. The van der Waals surface area contributed by atoms with Gasteiger partial charge in [0.15, 0.2) is 5.65 Å². The van der Waals surface area contributed by atoms with Gasteiger partial charge >= 0.3 is 6.09 Å². The number of aromatic nitrogens is 4. The molecule has 0 bridgehead atoms. The average molecular weight is 606 g/mol. The van der Waals surface area contributed by atoms with Crippen LogP contribution in [0.5, 0.6) is 0 Å². The lowest BCUT2D eigenvalue weighted by atomic mass is 10.0. The first-order chi connectivity index (χ1) is 14.6. The van der Waals surface area contributed by atoms with Crippen molar-refractivity contribution < 1.29 is 9.53 Å². The number of carbonyl (C=O) groups excluding carboxylic acids is 1. The highest BCUT2D eigenvalue weighted by atomic mass is 127. The Morgan fingerprint density at radius 2 is 2.03 bits per heavy atom. The molecule has 3 aromatic rings. The number of fused-ring (bicyclic) bond motifs is 1. The van der Waals surface area contributed by atoms with E-state index in [4.69, 9.17) is 16.3 Å². The molecule has 2 aromatic heterocycles. The van der Waals surface area contributed by atoms with E-state index in [0.717, 1.165) is 51.9 Å². The van der Waals surface area contributed by atoms with E-state index in [2.05, 4.69) is 63.6 Å². The topological polar surface area (TPSA) is 87.2 Å². The van der Waals surface area contributed by atoms with Gasteiger partial charge in [-0.15, -0.1) is 0 Å². The van der Waals surface area contributed by atoms with Crippen LogP contribution in [0.15, 0.2) is 35.2 Å². The Bertz CT molecular complexity index is 1030. The summed E-state index contributed by atoms with van der Waals surface area (Å²) < 4.78 is 6.97. The number of rotatable bonds is 5. The Morgan fingerprint density at radius 1 is 1.30 bits per heavy atom. The van der Waals surface area contributed by atoms with Crippen LogP contribution in [0.1, 0.15) is 12.8 Å². The molecule has 0 spiro atoms. The summed E-state index contributed by atoms with van der Waals surface area (Å²) in [6.45, 7) is 1.88. The van der Waals surface area contributed by atoms with Crippen molar-refractivity contribution in [3.8, 4) is 0 Å². The van der Waals surface area contributed by atoms with Gasteiger partial charge in [-0.25, -0.2) is 14.8 Å². The molecule has 8 nitrogen and oxygen atoms in total. The fourth-order valence-electron chi connectivity index (χ4n) is 3.64. The minimum absolute atomic E-state index is 0.0225. The molecule has 4 rings (SSSR count). The normalized spacial score (nSPS) is 14.8. The molecule has 158 valence electrons. The lowest BCUT2D eigenvalue weighted by Gasteiger charge is -2.38. The summed E-state index contributed by atoms with van der Waals surface area (Å²) in [5.74, 6) is 0.838. The van der Waals surface area contributed by atoms with Crippen LogP contribution in [0.3, 0.4) is 0 Å². The van der Waals surface area contributed by atoms with Crippen molar-refractivity contribution in [2.24, 2.45) is 0 Å². The van der Waals surface area contributed by atoms with Crippen molar-refractivity contribution in [1.82, 2.24) is 20.2 Å². The summed E-state index contributed by atoms with van der Waals surface area (Å²) in [5.41, 5.74) is 1.41. The molecule has 1 aliphatic rings. The second kappa shape index (κ2) is 9.65. The maximum atomic E-state index is 12.8. The van der Waals surface area contributed by atoms with Gasteiger partial charge < -0.3 is 9.64 Å². The summed E-state index contributed by atoms with van der Waals surface area (Å²) in [6.07, 6.45) is 2.76. The Balaban J connectivity index is 1.54. The minimum Gasteiger partial charge on any atom is -0.448 e. The number of carbonyl (C=O) groups is 1. The molecule has 0 aliphatic carbocycles. The fourth-order valence-corrected chi connectivity index (χ4v) is 4.43. The summed E-state index contributed by atoms with van der Waals surface area (Å²) in [5, 5.41) is 8.58. The van der Waals surface area contributed by atoms with E-state index in [9.17, 15) is 4.79 Å². The van der Waals surface area contributed by atoms with E-state index in [-0.39, 0.29) is 12.1 Å². The molecule has 1 saturated heterocycles. The standard InChI is InChI=1S/C19H19BrClIN6O2/c20-16-15-17(26-25-16)23-11-24-18(15)27-8-5-14(6-9-27)28(19(29)30-10-7-22)13-3-1-12(21)2-4-13/h1-4,11,14H,5-10H2,(H,23,24,25,26). The zero-order chi connectivity index (χ0) is 21.1. The Labute approximate surface area is 200 Å². The number of piperidine rings is 1. The van der Waals surface area contributed by atoms with Crippen LogP contribution in [0.25, 0.3) is 11.0 Å². The third-order valence-corrected chi connectivity index (χ3v) is 6.29. The van der Waals surface area contributed by atoms with Gasteiger partial charge in [0.25, 0.3) is 0 Å². The fraction of sp³-hybridized carbons (Fsp3) is 0.368. The molecule has 0 atom stereocenters. The molecule has 1 aliphatic heterocycles. The zero-order valence-electron chi connectivity index (χ0n) is 15.9. The molecule has 1 fully saturated rings. The van der Waals surface area contributed by atoms with E-state index >= 15 is 0 Å². The van der Waals surface area contributed by atoms with E-state index in [0.29, 0.717) is 17.3 Å². The Morgan fingerprint density at radius 3 is 2.73 bits per heavy atom. The zero-order valence-corrected chi connectivity index (χ0v) is 20.4. The van der Waals surface area contributed by atoms with Crippen molar-refractivity contribution in [3.05, 3.63) is 40.2 Å². The number of anilines is 2.